The van der Waals surface area contributed by atoms with E-state index in [1.165, 1.54) is 38.5 Å². The van der Waals surface area contributed by atoms with Crippen molar-refractivity contribution in [2.45, 2.75) is 58.3 Å². The molecule has 0 spiro atoms. The van der Waals surface area contributed by atoms with Crippen molar-refractivity contribution in [3.05, 3.63) is 66.5 Å². The third-order valence-electron chi connectivity index (χ3n) is 8.67. The van der Waals surface area contributed by atoms with Gasteiger partial charge in [-0.25, -0.2) is 4.98 Å². The van der Waals surface area contributed by atoms with Crippen molar-refractivity contribution in [3.8, 4) is 0 Å². The predicted octanol–water partition coefficient (Wildman–Crippen LogP) is 6.08. The molecule has 1 aromatic carbocycles. The molecule has 7 rings (SSSR count). The van der Waals surface area contributed by atoms with Crippen LogP contribution in [0.1, 0.15) is 62.8 Å². The van der Waals surface area contributed by atoms with Crippen molar-refractivity contribution in [3.63, 3.8) is 0 Å². The number of hydrogen-bond donors (Lipinski definition) is 3. The first-order valence-corrected chi connectivity index (χ1v) is 14.0. The van der Waals surface area contributed by atoms with E-state index in [4.69, 9.17) is 4.98 Å². The highest BCUT2D eigenvalue weighted by Crippen LogP contribution is 2.61. The number of hydrogen-bond acceptors (Lipinski definition) is 5. The fourth-order valence-electron chi connectivity index (χ4n) is 7.63. The molecule has 0 saturated heterocycles. The Morgan fingerprint density at radius 3 is 2.46 bits per heavy atom. The fourth-order valence-corrected chi connectivity index (χ4v) is 7.63. The van der Waals surface area contributed by atoms with Gasteiger partial charge in [-0.15, -0.1) is 0 Å². The van der Waals surface area contributed by atoms with Gasteiger partial charge in [-0.05, 0) is 118 Å². The largest absolute Gasteiger partial charge is 0.370 e. The zero-order valence-electron chi connectivity index (χ0n) is 21.8. The van der Waals surface area contributed by atoms with Crippen molar-refractivity contribution in [2.75, 3.05) is 23.7 Å². The van der Waals surface area contributed by atoms with Crippen molar-refractivity contribution in [2.24, 2.45) is 23.2 Å². The molecule has 37 heavy (non-hydrogen) atoms. The van der Waals surface area contributed by atoms with Crippen molar-refractivity contribution in [1.29, 1.82) is 0 Å². The number of carbonyl (C=O) groups excluding carboxylic acids is 1. The molecule has 1 radical (unpaired) electrons. The van der Waals surface area contributed by atoms with Gasteiger partial charge in [-0.2, -0.15) is 0 Å². The standard InChI is InChI=1S/C31H38N5O/c1-21-5-2-6-25(34-21)20-32-11-4-12-33-29-10-9-26-27(35-29)7-3-8-28(26)36-30(37)19-31-16-22-13-23(17-31)15-24(14-22)18-31/h2-3,5-10,20,22-24,32H,4,11-19H2,1H3,(H,33,35)(H,36,37). The van der Waals surface area contributed by atoms with Crippen LogP contribution in [0.2, 0.25) is 0 Å². The minimum Gasteiger partial charge on any atom is -0.370 e. The molecule has 4 aliphatic rings. The fraction of sp³-hybridized carbons (Fsp3) is 0.484. The Kier molecular flexibility index (Phi) is 6.85. The number of aryl methyl sites for hydroxylation is 1. The van der Waals surface area contributed by atoms with E-state index in [1.54, 1.807) is 0 Å². The lowest BCUT2D eigenvalue weighted by molar-refractivity contribution is -0.124. The maximum absolute atomic E-state index is 13.2. The molecule has 3 aromatic rings. The van der Waals surface area contributed by atoms with Crippen LogP contribution in [0.15, 0.2) is 48.5 Å². The third kappa shape index (κ3) is 5.64. The molecule has 193 valence electrons. The number of nitrogens with zero attached hydrogens (tertiary/aromatic N) is 2. The van der Waals surface area contributed by atoms with E-state index in [9.17, 15) is 4.79 Å². The second kappa shape index (κ2) is 10.4. The summed E-state index contributed by atoms with van der Waals surface area (Å²) in [6, 6.07) is 16.1. The summed E-state index contributed by atoms with van der Waals surface area (Å²) in [5.41, 5.74) is 3.99. The van der Waals surface area contributed by atoms with Crippen LogP contribution in [0.4, 0.5) is 11.5 Å². The molecule has 0 aliphatic heterocycles. The van der Waals surface area contributed by atoms with Crippen LogP contribution >= 0.6 is 0 Å². The maximum atomic E-state index is 13.2. The number of aromatic nitrogens is 2. The van der Waals surface area contributed by atoms with E-state index >= 15 is 0 Å². The van der Waals surface area contributed by atoms with E-state index < -0.39 is 0 Å². The lowest BCUT2D eigenvalue weighted by atomic mass is 9.49. The molecule has 0 unspecified atom stereocenters. The minimum absolute atomic E-state index is 0.168. The summed E-state index contributed by atoms with van der Waals surface area (Å²) in [7, 11) is 0. The molecule has 2 heterocycles. The quantitative estimate of drug-likeness (QED) is 0.296. The molecule has 1 amide bonds. The van der Waals surface area contributed by atoms with E-state index in [0.717, 1.165) is 71.1 Å². The topological polar surface area (TPSA) is 78.9 Å². The molecule has 4 saturated carbocycles. The molecule has 6 nitrogen and oxygen atoms in total. The van der Waals surface area contributed by atoms with Crippen LogP contribution in [0.3, 0.4) is 0 Å². The summed E-state index contributed by atoms with van der Waals surface area (Å²) in [6.07, 6.45) is 9.64. The summed E-state index contributed by atoms with van der Waals surface area (Å²) in [5, 5.41) is 11.0. The van der Waals surface area contributed by atoms with Crippen LogP contribution in [0, 0.1) is 36.6 Å². The van der Waals surface area contributed by atoms with Gasteiger partial charge in [0, 0.05) is 24.0 Å². The smallest absolute Gasteiger partial charge is 0.224 e. The summed E-state index contributed by atoms with van der Waals surface area (Å²) in [5.74, 6) is 3.62. The Morgan fingerprint density at radius 2 is 1.70 bits per heavy atom. The summed E-state index contributed by atoms with van der Waals surface area (Å²) in [6.45, 7) is 5.64. The van der Waals surface area contributed by atoms with Gasteiger partial charge in [-0.1, -0.05) is 12.1 Å². The number of benzene rings is 1. The minimum atomic E-state index is 0.168. The van der Waals surface area contributed by atoms with Crippen LogP contribution < -0.4 is 16.0 Å². The van der Waals surface area contributed by atoms with E-state index in [2.05, 4.69) is 27.0 Å². The SMILES string of the molecule is Cc1cccc([CH]NCCCNc2ccc3c(NC(=O)CC45CC6CC(CC(C6)C4)C5)cccc3n2)n1. The van der Waals surface area contributed by atoms with Gasteiger partial charge < -0.3 is 16.0 Å². The van der Waals surface area contributed by atoms with Crippen LogP contribution in [-0.2, 0) is 4.79 Å². The zero-order valence-corrected chi connectivity index (χ0v) is 21.8. The van der Waals surface area contributed by atoms with E-state index in [0.29, 0.717) is 6.42 Å². The van der Waals surface area contributed by atoms with Gasteiger partial charge in [0.25, 0.3) is 0 Å². The van der Waals surface area contributed by atoms with E-state index in [-0.39, 0.29) is 11.3 Å². The molecule has 4 aliphatic carbocycles. The summed E-state index contributed by atoms with van der Waals surface area (Å²) < 4.78 is 0. The maximum Gasteiger partial charge on any atom is 0.224 e. The summed E-state index contributed by atoms with van der Waals surface area (Å²) in [4.78, 5) is 22.5. The second-order valence-electron chi connectivity index (χ2n) is 11.8. The van der Waals surface area contributed by atoms with Crippen molar-refractivity contribution in [1.82, 2.24) is 15.3 Å². The van der Waals surface area contributed by atoms with Crippen molar-refractivity contribution >= 4 is 28.3 Å². The molecular formula is C31H38N5O. The van der Waals surface area contributed by atoms with E-state index in [1.807, 2.05) is 55.9 Å². The average Bonchev–Trinajstić information content (AvgIpc) is 2.85. The monoisotopic (exact) mass is 496 g/mol. The lowest BCUT2D eigenvalue weighted by Gasteiger charge is -2.56. The van der Waals surface area contributed by atoms with Gasteiger partial charge in [0.2, 0.25) is 5.91 Å². The molecule has 4 fully saturated rings. The first-order valence-electron chi connectivity index (χ1n) is 14.0. The molecule has 4 bridgehead atoms. The highest BCUT2D eigenvalue weighted by Gasteiger charge is 2.51. The van der Waals surface area contributed by atoms with Gasteiger partial charge in [-0.3, -0.25) is 9.78 Å². The molecular weight excluding hydrogens is 458 g/mol. The molecule has 2 aromatic heterocycles. The Morgan fingerprint density at radius 1 is 0.946 bits per heavy atom. The Labute approximate surface area is 220 Å². The number of carbonyl (C=O) groups is 1. The first-order chi connectivity index (χ1) is 18.0. The highest BCUT2D eigenvalue weighted by atomic mass is 16.1. The Bertz CT molecular complexity index is 1240. The third-order valence-corrected chi connectivity index (χ3v) is 8.67. The number of fused-ring (bicyclic) bond motifs is 1. The normalized spacial score (nSPS) is 25.9. The molecule has 3 N–H and O–H groups in total. The number of nitrogens with one attached hydrogen (secondary N) is 3. The van der Waals surface area contributed by atoms with Gasteiger partial charge in [0.1, 0.15) is 5.82 Å². The van der Waals surface area contributed by atoms with Gasteiger partial charge in [0.15, 0.2) is 0 Å². The average molecular weight is 497 g/mol. The summed E-state index contributed by atoms with van der Waals surface area (Å²) >= 11 is 0. The van der Waals surface area contributed by atoms with Crippen LogP contribution in [0.25, 0.3) is 10.9 Å². The molecule has 0 atom stereocenters. The predicted molar refractivity (Wildman–Crippen MR) is 149 cm³/mol. The number of anilines is 2. The number of amides is 1. The zero-order chi connectivity index (χ0) is 25.2. The van der Waals surface area contributed by atoms with Crippen LogP contribution in [-0.4, -0.2) is 29.0 Å². The molecule has 6 heteroatoms. The number of pyridine rings is 2. The number of rotatable bonds is 10. The first kappa shape index (κ1) is 24.4. The van der Waals surface area contributed by atoms with Gasteiger partial charge >= 0.3 is 0 Å². The van der Waals surface area contributed by atoms with Crippen LogP contribution in [0.5, 0.6) is 0 Å². The second-order valence-corrected chi connectivity index (χ2v) is 11.8. The Hall–Kier alpha value is -2.99. The van der Waals surface area contributed by atoms with Gasteiger partial charge in [0.05, 0.1) is 23.4 Å². The highest BCUT2D eigenvalue weighted by molar-refractivity contribution is 6.01. The lowest BCUT2D eigenvalue weighted by Crippen LogP contribution is -2.47. The Balaban J connectivity index is 1.01. The van der Waals surface area contributed by atoms with Crippen molar-refractivity contribution < 1.29 is 4.79 Å².